The third kappa shape index (κ3) is 44.3. The molecule has 0 rings (SSSR count). The number of hydrogen-bond donors (Lipinski definition) is 1. The van der Waals surface area contributed by atoms with Crippen molar-refractivity contribution < 1.29 is 42.1 Å². The van der Waals surface area contributed by atoms with Crippen molar-refractivity contribution in [3.8, 4) is 0 Å². The molecule has 0 aromatic heterocycles. The summed E-state index contributed by atoms with van der Waals surface area (Å²) in [6.45, 7) is 4.42. The molecule has 0 fully saturated rings. The van der Waals surface area contributed by atoms with Gasteiger partial charge in [-0.05, 0) is 32.1 Å². The summed E-state index contributed by atoms with van der Waals surface area (Å²) in [6, 6.07) is 0. The predicted octanol–water partition coefficient (Wildman–Crippen LogP) is 14.1. The summed E-state index contributed by atoms with van der Waals surface area (Å²) in [5.41, 5.74) is 0. The number of esters is 2. The average molecular weight is 845 g/mol. The normalized spacial score (nSPS) is 13.6. The van der Waals surface area contributed by atoms with E-state index >= 15 is 0 Å². The molecule has 0 aliphatic rings. The van der Waals surface area contributed by atoms with Crippen LogP contribution in [0.4, 0.5) is 0 Å². The first kappa shape index (κ1) is 56.8. The molecule has 0 heterocycles. The van der Waals surface area contributed by atoms with E-state index in [0.29, 0.717) is 17.4 Å². The van der Waals surface area contributed by atoms with Crippen molar-refractivity contribution in [2.45, 2.75) is 238 Å². The highest BCUT2D eigenvalue weighted by Gasteiger charge is 2.27. The molecule has 1 N–H and O–H groups in total. The van der Waals surface area contributed by atoms with Gasteiger partial charge in [-0.25, -0.2) is 4.57 Å². The lowest BCUT2D eigenvalue weighted by Gasteiger charge is -2.24. The minimum atomic E-state index is -4.38. The Morgan fingerprint density at radius 1 is 0.517 bits per heavy atom. The monoisotopic (exact) mass is 845 g/mol. The molecule has 0 aromatic carbocycles. The van der Waals surface area contributed by atoms with Crippen LogP contribution in [-0.2, 0) is 32.7 Å². The van der Waals surface area contributed by atoms with Crippen LogP contribution >= 0.6 is 7.82 Å². The number of carbonyl (C=O) groups is 2. The summed E-state index contributed by atoms with van der Waals surface area (Å²) in [6.07, 6.45) is 44.2. The molecule has 0 spiro atoms. The van der Waals surface area contributed by atoms with Crippen LogP contribution in [0.25, 0.3) is 0 Å². The van der Waals surface area contributed by atoms with E-state index in [1.165, 1.54) is 167 Å². The molecular weight excluding hydrogens is 750 g/mol. The van der Waals surface area contributed by atoms with Crippen LogP contribution in [-0.4, -0.2) is 74.9 Å². The van der Waals surface area contributed by atoms with Crippen LogP contribution in [0.3, 0.4) is 0 Å². The molecule has 0 saturated carbocycles. The minimum Gasteiger partial charge on any atom is -0.462 e. The molecule has 0 bridgehead atoms. The lowest BCUT2D eigenvalue weighted by molar-refractivity contribution is -0.870. The molecular formula is C48H95NO8P+. The fraction of sp³-hybridized carbons (Fsp3) is 0.917. The SMILES string of the molecule is CCCCCCCCCCCCCCCCCCCC/C=C/CCCC(=O)O[C@H](COC(=O)CCCCCCCCCCCCC)COP(=O)(O)OCC[N+](C)(C)C. The average Bonchev–Trinajstić information content (AvgIpc) is 3.17. The molecule has 2 atom stereocenters. The Labute approximate surface area is 358 Å². The van der Waals surface area contributed by atoms with Crippen molar-refractivity contribution in [3.05, 3.63) is 12.2 Å². The Hall–Kier alpha value is -1.25. The van der Waals surface area contributed by atoms with Crippen molar-refractivity contribution in [3.63, 3.8) is 0 Å². The van der Waals surface area contributed by atoms with Crippen LogP contribution < -0.4 is 0 Å². The second-order valence-electron chi connectivity index (χ2n) is 17.9. The molecule has 0 amide bonds. The lowest BCUT2D eigenvalue weighted by atomic mass is 10.0. The van der Waals surface area contributed by atoms with E-state index < -0.39 is 26.5 Å². The fourth-order valence-corrected chi connectivity index (χ4v) is 7.70. The van der Waals surface area contributed by atoms with Gasteiger partial charge in [0.2, 0.25) is 0 Å². The zero-order valence-corrected chi connectivity index (χ0v) is 39.7. The molecule has 344 valence electrons. The van der Waals surface area contributed by atoms with E-state index in [1.807, 2.05) is 21.1 Å². The van der Waals surface area contributed by atoms with E-state index in [-0.39, 0.29) is 32.0 Å². The summed E-state index contributed by atoms with van der Waals surface area (Å²) in [7, 11) is 1.47. The number of phosphoric acid groups is 1. The third-order valence-electron chi connectivity index (χ3n) is 10.8. The van der Waals surface area contributed by atoms with Gasteiger partial charge in [0, 0.05) is 12.8 Å². The first-order chi connectivity index (χ1) is 28.0. The molecule has 0 aliphatic carbocycles. The van der Waals surface area contributed by atoms with Crippen molar-refractivity contribution in [1.82, 2.24) is 0 Å². The van der Waals surface area contributed by atoms with Crippen LogP contribution in [0, 0.1) is 0 Å². The molecule has 58 heavy (non-hydrogen) atoms. The summed E-state index contributed by atoms with van der Waals surface area (Å²) in [5, 5.41) is 0. The molecule has 0 radical (unpaired) electrons. The Balaban J connectivity index is 4.21. The van der Waals surface area contributed by atoms with Crippen LogP contribution in [0.2, 0.25) is 0 Å². The van der Waals surface area contributed by atoms with Gasteiger partial charge in [0.05, 0.1) is 27.7 Å². The quantitative estimate of drug-likeness (QED) is 0.0212. The summed E-state index contributed by atoms with van der Waals surface area (Å²) in [4.78, 5) is 35.4. The second kappa shape index (κ2) is 41.1. The largest absolute Gasteiger partial charge is 0.472 e. The third-order valence-corrected chi connectivity index (χ3v) is 11.8. The summed E-state index contributed by atoms with van der Waals surface area (Å²) < 4.78 is 34.3. The maximum atomic E-state index is 12.7. The molecule has 0 saturated heterocycles. The zero-order valence-electron chi connectivity index (χ0n) is 38.8. The number of nitrogens with zero attached hydrogens (tertiary/aromatic N) is 1. The van der Waals surface area contributed by atoms with Crippen LogP contribution in [0.5, 0.6) is 0 Å². The first-order valence-electron chi connectivity index (χ1n) is 24.4. The maximum Gasteiger partial charge on any atom is 0.472 e. The number of ether oxygens (including phenoxy) is 2. The fourth-order valence-electron chi connectivity index (χ4n) is 6.96. The van der Waals surface area contributed by atoms with Crippen molar-refractivity contribution in [2.75, 3.05) is 47.5 Å². The van der Waals surface area contributed by atoms with Gasteiger partial charge in [0.25, 0.3) is 0 Å². The Bertz CT molecular complexity index is 1000. The van der Waals surface area contributed by atoms with E-state index in [0.717, 1.165) is 32.1 Å². The van der Waals surface area contributed by atoms with E-state index in [4.69, 9.17) is 18.5 Å². The van der Waals surface area contributed by atoms with E-state index in [2.05, 4.69) is 26.0 Å². The van der Waals surface area contributed by atoms with Crippen LogP contribution in [0.1, 0.15) is 232 Å². The summed E-state index contributed by atoms with van der Waals surface area (Å²) in [5.74, 6) is -0.825. The van der Waals surface area contributed by atoms with Gasteiger partial charge in [-0.2, -0.15) is 0 Å². The Kier molecular flexibility index (Phi) is 40.2. The number of likely N-dealkylation sites (N-methyl/N-ethyl adjacent to an activating group) is 1. The van der Waals surface area contributed by atoms with Gasteiger partial charge in [0.15, 0.2) is 6.10 Å². The highest BCUT2D eigenvalue weighted by Crippen LogP contribution is 2.43. The topological polar surface area (TPSA) is 108 Å². The van der Waals surface area contributed by atoms with Gasteiger partial charge in [-0.3, -0.25) is 18.6 Å². The molecule has 0 aromatic rings. The number of hydrogen-bond acceptors (Lipinski definition) is 7. The summed E-state index contributed by atoms with van der Waals surface area (Å²) >= 11 is 0. The second-order valence-corrected chi connectivity index (χ2v) is 19.3. The van der Waals surface area contributed by atoms with E-state index in [9.17, 15) is 19.0 Å². The van der Waals surface area contributed by atoms with Crippen molar-refractivity contribution >= 4 is 19.8 Å². The van der Waals surface area contributed by atoms with Gasteiger partial charge in [0.1, 0.15) is 19.8 Å². The molecule has 1 unspecified atom stereocenters. The molecule has 10 heteroatoms. The Morgan fingerprint density at radius 2 is 0.897 bits per heavy atom. The van der Waals surface area contributed by atoms with E-state index in [1.54, 1.807) is 0 Å². The van der Waals surface area contributed by atoms with Gasteiger partial charge >= 0.3 is 19.8 Å². The highest BCUT2D eigenvalue weighted by molar-refractivity contribution is 7.47. The molecule has 9 nitrogen and oxygen atoms in total. The smallest absolute Gasteiger partial charge is 0.462 e. The first-order valence-corrected chi connectivity index (χ1v) is 25.9. The number of rotatable bonds is 45. The minimum absolute atomic E-state index is 0.0305. The lowest BCUT2D eigenvalue weighted by Crippen LogP contribution is -2.37. The predicted molar refractivity (Wildman–Crippen MR) is 243 cm³/mol. The van der Waals surface area contributed by atoms with Crippen molar-refractivity contribution in [1.29, 1.82) is 0 Å². The number of carbonyl (C=O) groups excluding carboxylic acids is 2. The van der Waals surface area contributed by atoms with Gasteiger partial charge in [-0.1, -0.05) is 199 Å². The van der Waals surface area contributed by atoms with Crippen molar-refractivity contribution in [2.24, 2.45) is 0 Å². The number of allylic oxidation sites excluding steroid dienone is 2. The number of quaternary nitrogens is 1. The highest BCUT2D eigenvalue weighted by atomic mass is 31.2. The van der Waals surface area contributed by atoms with Gasteiger partial charge < -0.3 is 18.9 Å². The zero-order chi connectivity index (χ0) is 42.8. The Morgan fingerprint density at radius 3 is 1.33 bits per heavy atom. The standard InChI is InChI=1S/C48H94NO8P/c1-6-8-10-12-14-16-18-19-20-21-22-23-24-25-26-27-28-29-31-33-35-37-39-41-48(51)57-46(45-56-58(52,53)55-43-42-49(3,4)5)44-54-47(50)40-38-36-34-32-30-17-15-13-11-9-7-2/h33,35,46H,6-32,34,36-45H2,1-5H3/p+1/b35-33+/t46-/m1/s1. The van der Waals surface area contributed by atoms with Crippen LogP contribution in [0.15, 0.2) is 12.2 Å². The van der Waals surface area contributed by atoms with Gasteiger partial charge in [-0.15, -0.1) is 0 Å². The number of phosphoric ester groups is 1. The maximum absolute atomic E-state index is 12.7. The number of unbranched alkanes of at least 4 members (excludes halogenated alkanes) is 29. The molecule has 0 aliphatic heterocycles.